The predicted molar refractivity (Wildman–Crippen MR) is 105 cm³/mol. The van der Waals surface area contributed by atoms with Crippen molar-refractivity contribution in [2.75, 3.05) is 29.9 Å². The molecule has 1 aromatic carbocycles. The standard InChI is InChI=1S/C20H28N4O/c1-5-24(6-2)18-9-7-17(8-10-18)23-19-13-16(11-12-21-19)20(25)22-14-15(3)4/h7-13,15H,5-6,14H2,1-4H3,(H,21,23)(H,22,25). The smallest absolute Gasteiger partial charge is 0.251 e. The molecule has 1 heterocycles. The lowest BCUT2D eigenvalue weighted by molar-refractivity contribution is 0.0949. The second-order valence-corrected chi connectivity index (χ2v) is 6.38. The monoisotopic (exact) mass is 340 g/mol. The van der Waals surface area contributed by atoms with Crippen molar-refractivity contribution in [3.05, 3.63) is 48.2 Å². The van der Waals surface area contributed by atoms with Gasteiger partial charge in [0.15, 0.2) is 0 Å². The lowest BCUT2D eigenvalue weighted by Gasteiger charge is -2.21. The van der Waals surface area contributed by atoms with Crippen LogP contribution in [-0.4, -0.2) is 30.5 Å². The van der Waals surface area contributed by atoms with Gasteiger partial charge in [-0.1, -0.05) is 13.8 Å². The molecule has 5 heteroatoms. The van der Waals surface area contributed by atoms with Crippen molar-refractivity contribution in [2.45, 2.75) is 27.7 Å². The number of carbonyl (C=O) groups excluding carboxylic acids is 1. The average Bonchev–Trinajstić information content (AvgIpc) is 2.62. The number of nitrogens with one attached hydrogen (secondary N) is 2. The third-order valence-electron chi connectivity index (χ3n) is 3.96. The maximum absolute atomic E-state index is 12.2. The molecule has 0 fully saturated rings. The van der Waals surface area contributed by atoms with E-state index in [0.29, 0.717) is 23.8 Å². The fourth-order valence-corrected chi connectivity index (χ4v) is 2.53. The summed E-state index contributed by atoms with van der Waals surface area (Å²) >= 11 is 0. The second-order valence-electron chi connectivity index (χ2n) is 6.38. The molecule has 5 nitrogen and oxygen atoms in total. The summed E-state index contributed by atoms with van der Waals surface area (Å²) in [6.45, 7) is 11.1. The quantitative estimate of drug-likeness (QED) is 0.761. The van der Waals surface area contributed by atoms with Gasteiger partial charge in [-0.25, -0.2) is 4.98 Å². The van der Waals surface area contributed by atoms with E-state index in [4.69, 9.17) is 0 Å². The summed E-state index contributed by atoms with van der Waals surface area (Å²) < 4.78 is 0. The minimum atomic E-state index is -0.0731. The molecule has 0 spiro atoms. The van der Waals surface area contributed by atoms with Crippen LogP contribution in [0.2, 0.25) is 0 Å². The third-order valence-corrected chi connectivity index (χ3v) is 3.96. The fraction of sp³-hybridized carbons (Fsp3) is 0.400. The molecule has 0 radical (unpaired) electrons. The number of rotatable bonds is 8. The van der Waals surface area contributed by atoms with Crippen molar-refractivity contribution in [1.82, 2.24) is 10.3 Å². The summed E-state index contributed by atoms with van der Waals surface area (Å²) in [4.78, 5) is 18.8. The second kappa shape index (κ2) is 9.06. The zero-order chi connectivity index (χ0) is 18.2. The average molecular weight is 340 g/mol. The highest BCUT2D eigenvalue weighted by atomic mass is 16.1. The van der Waals surface area contributed by atoms with Crippen LogP contribution in [0.5, 0.6) is 0 Å². The minimum absolute atomic E-state index is 0.0731. The maximum Gasteiger partial charge on any atom is 0.251 e. The predicted octanol–water partition coefficient (Wildman–Crippen LogP) is 4.06. The Bertz CT molecular complexity index is 678. The first-order valence-corrected chi connectivity index (χ1v) is 8.89. The van der Waals surface area contributed by atoms with Crippen LogP contribution in [0.25, 0.3) is 0 Å². The van der Waals surface area contributed by atoms with Crippen LogP contribution >= 0.6 is 0 Å². The van der Waals surface area contributed by atoms with Crippen molar-refractivity contribution >= 4 is 23.1 Å². The van der Waals surface area contributed by atoms with Gasteiger partial charge in [0.25, 0.3) is 5.91 Å². The highest BCUT2D eigenvalue weighted by Crippen LogP contribution is 2.20. The van der Waals surface area contributed by atoms with Gasteiger partial charge in [-0.3, -0.25) is 4.79 Å². The van der Waals surface area contributed by atoms with Crippen LogP contribution in [0.15, 0.2) is 42.6 Å². The highest BCUT2D eigenvalue weighted by molar-refractivity contribution is 5.94. The SMILES string of the molecule is CCN(CC)c1ccc(Nc2cc(C(=O)NCC(C)C)ccn2)cc1. The molecule has 0 unspecified atom stereocenters. The molecular weight excluding hydrogens is 312 g/mol. The van der Waals surface area contributed by atoms with E-state index < -0.39 is 0 Å². The molecular formula is C20H28N4O. The molecule has 0 aliphatic rings. The van der Waals surface area contributed by atoms with Gasteiger partial charge in [0.05, 0.1) is 0 Å². The van der Waals surface area contributed by atoms with E-state index in [2.05, 4.69) is 60.3 Å². The van der Waals surface area contributed by atoms with E-state index in [1.807, 2.05) is 12.1 Å². The van der Waals surface area contributed by atoms with Crippen LogP contribution in [-0.2, 0) is 0 Å². The molecule has 0 saturated carbocycles. The number of aromatic nitrogens is 1. The topological polar surface area (TPSA) is 57.3 Å². The molecule has 2 rings (SSSR count). The normalized spacial score (nSPS) is 10.6. The van der Waals surface area contributed by atoms with Gasteiger partial charge in [0.1, 0.15) is 5.82 Å². The molecule has 0 atom stereocenters. The summed E-state index contributed by atoms with van der Waals surface area (Å²) in [5, 5.41) is 6.18. The molecule has 134 valence electrons. The third kappa shape index (κ3) is 5.48. The molecule has 25 heavy (non-hydrogen) atoms. The molecule has 2 N–H and O–H groups in total. The summed E-state index contributed by atoms with van der Waals surface area (Å²) in [7, 11) is 0. The summed E-state index contributed by atoms with van der Waals surface area (Å²) in [6.07, 6.45) is 1.65. The Kier molecular flexibility index (Phi) is 6.81. The summed E-state index contributed by atoms with van der Waals surface area (Å²) in [5.41, 5.74) is 2.76. The maximum atomic E-state index is 12.2. The number of hydrogen-bond donors (Lipinski definition) is 2. The number of carbonyl (C=O) groups is 1. The lowest BCUT2D eigenvalue weighted by atomic mass is 10.2. The van der Waals surface area contributed by atoms with E-state index in [-0.39, 0.29) is 5.91 Å². The Balaban J connectivity index is 2.05. The van der Waals surface area contributed by atoms with Gasteiger partial charge in [-0.15, -0.1) is 0 Å². The zero-order valence-corrected chi connectivity index (χ0v) is 15.5. The van der Waals surface area contributed by atoms with Gasteiger partial charge < -0.3 is 15.5 Å². The van der Waals surface area contributed by atoms with Crippen molar-refractivity contribution in [3.63, 3.8) is 0 Å². The van der Waals surface area contributed by atoms with Crippen molar-refractivity contribution in [3.8, 4) is 0 Å². The van der Waals surface area contributed by atoms with Gasteiger partial charge >= 0.3 is 0 Å². The minimum Gasteiger partial charge on any atom is -0.372 e. The van der Waals surface area contributed by atoms with E-state index in [9.17, 15) is 4.79 Å². The van der Waals surface area contributed by atoms with Crippen LogP contribution in [0.1, 0.15) is 38.1 Å². The molecule has 0 bridgehead atoms. The van der Waals surface area contributed by atoms with E-state index in [1.54, 1.807) is 18.3 Å². The zero-order valence-electron chi connectivity index (χ0n) is 15.5. The Labute approximate surface area is 150 Å². The highest BCUT2D eigenvalue weighted by Gasteiger charge is 2.08. The van der Waals surface area contributed by atoms with E-state index in [1.165, 1.54) is 5.69 Å². The van der Waals surface area contributed by atoms with Crippen molar-refractivity contribution < 1.29 is 4.79 Å². The Morgan fingerprint density at radius 1 is 1.12 bits per heavy atom. The van der Waals surface area contributed by atoms with Gasteiger partial charge in [-0.2, -0.15) is 0 Å². The summed E-state index contributed by atoms with van der Waals surface area (Å²) in [6, 6.07) is 11.7. The van der Waals surface area contributed by atoms with E-state index in [0.717, 1.165) is 18.8 Å². The first kappa shape index (κ1) is 18.8. The number of nitrogens with zero attached hydrogens (tertiary/aromatic N) is 2. The number of anilines is 3. The van der Waals surface area contributed by atoms with Gasteiger partial charge in [-0.05, 0) is 56.2 Å². The van der Waals surface area contributed by atoms with Crippen LogP contribution in [0, 0.1) is 5.92 Å². The molecule has 1 amide bonds. The van der Waals surface area contributed by atoms with Crippen molar-refractivity contribution in [1.29, 1.82) is 0 Å². The van der Waals surface area contributed by atoms with Crippen molar-refractivity contribution in [2.24, 2.45) is 5.92 Å². The van der Waals surface area contributed by atoms with E-state index >= 15 is 0 Å². The Hall–Kier alpha value is -2.56. The Morgan fingerprint density at radius 2 is 1.80 bits per heavy atom. The first-order valence-electron chi connectivity index (χ1n) is 8.89. The molecule has 1 aromatic heterocycles. The Morgan fingerprint density at radius 3 is 2.40 bits per heavy atom. The molecule has 0 aliphatic carbocycles. The van der Waals surface area contributed by atoms with Crippen LogP contribution < -0.4 is 15.5 Å². The van der Waals surface area contributed by atoms with Crippen LogP contribution in [0.4, 0.5) is 17.2 Å². The van der Waals surface area contributed by atoms with Gasteiger partial charge in [0.2, 0.25) is 0 Å². The fourth-order valence-electron chi connectivity index (χ4n) is 2.53. The molecule has 2 aromatic rings. The molecule has 0 aliphatic heterocycles. The number of pyridine rings is 1. The summed E-state index contributed by atoms with van der Waals surface area (Å²) in [5.74, 6) is 1.01. The number of amides is 1. The molecule has 0 saturated heterocycles. The lowest BCUT2D eigenvalue weighted by Crippen LogP contribution is -2.27. The van der Waals surface area contributed by atoms with Gasteiger partial charge in [0, 0.05) is 42.8 Å². The van der Waals surface area contributed by atoms with Crippen LogP contribution in [0.3, 0.4) is 0 Å². The largest absolute Gasteiger partial charge is 0.372 e. The number of hydrogen-bond acceptors (Lipinski definition) is 4. The first-order chi connectivity index (χ1) is 12.0. The number of benzene rings is 1.